The fourth-order valence-corrected chi connectivity index (χ4v) is 1.40. The molecule has 0 aromatic heterocycles. The number of aliphatic carboxylic acids is 1. The number of carboxylic acids is 1. The summed E-state index contributed by atoms with van der Waals surface area (Å²) in [6.07, 6.45) is 0.314. The number of rotatable bonds is 2. The summed E-state index contributed by atoms with van der Waals surface area (Å²) in [6, 6.07) is 0. The molecule has 0 aromatic carbocycles. The highest BCUT2D eigenvalue weighted by Crippen LogP contribution is 2.51. The average molecular weight is 223 g/mol. The van der Waals surface area contributed by atoms with Crippen molar-refractivity contribution in [3.05, 3.63) is 0 Å². The predicted octanol–water partition coefficient (Wildman–Crippen LogP) is 0.398. The molecule has 4 nitrogen and oxygen atoms in total. The predicted molar refractivity (Wildman–Crippen MR) is 39.4 cm³/mol. The first-order valence-electron chi connectivity index (χ1n) is 3.02. The van der Waals surface area contributed by atoms with E-state index >= 15 is 0 Å². The number of hydrogen-bond acceptors (Lipinski definition) is 3. The summed E-state index contributed by atoms with van der Waals surface area (Å²) in [6.45, 7) is 0. The second-order valence-electron chi connectivity index (χ2n) is 2.45. The molecule has 1 aliphatic rings. The van der Waals surface area contributed by atoms with Crippen LogP contribution in [0.15, 0.2) is 0 Å². The molecule has 1 fully saturated rings. The Labute approximate surface area is 71.7 Å². The molecule has 1 rings (SSSR count). The van der Waals surface area contributed by atoms with Crippen LogP contribution in [0.2, 0.25) is 0 Å². The zero-order valence-corrected chi connectivity index (χ0v) is 7.42. The van der Waals surface area contributed by atoms with Crippen LogP contribution in [0.4, 0.5) is 0 Å². The molecular weight excluding hydrogens is 216 g/mol. The SMILES string of the molecule is COC(=O)C1CC1(Br)C(=O)O. The van der Waals surface area contributed by atoms with Gasteiger partial charge < -0.3 is 9.84 Å². The molecule has 1 N–H and O–H groups in total. The van der Waals surface area contributed by atoms with Crippen molar-refractivity contribution in [2.45, 2.75) is 10.7 Å². The Hall–Kier alpha value is -0.580. The van der Waals surface area contributed by atoms with Crippen molar-refractivity contribution in [2.75, 3.05) is 7.11 Å². The van der Waals surface area contributed by atoms with Gasteiger partial charge in [-0.2, -0.15) is 0 Å². The van der Waals surface area contributed by atoms with E-state index in [2.05, 4.69) is 20.7 Å². The maximum absolute atomic E-state index is 10.8. The molecule has 0 amide bonds. The second-order valence-corrected chi connectivity index (χ2v) is 3.86. The number of halogens is 1. The quantitative estimate of drug-likeness (QED) is 0.543. The summed E-state index contributed by atoms with van der Waals surface area (Å²) in [5, 5.41) is 8.57. The lowest BCUT2D eigenvalue weighted by Crippen LogP contribution is -2.21. The smallest absolute Gasteiger partial charge is 0.321 e. The number of carboxylic acid groups (broad SMARTS) is 1. The van der Waals surface area contributed by atoms with E-state index in [-0.39, 0.29) is 0 Å². The van der Waals surface area contributed by atoms with Crippen LogP contribution in [0, 0.1) is 5.92 Å². The van der Waals surface area contributed by atoms with Gasteiger partial charge in [-0.1, -0.05) is 15.9 Å². The standard InChI is InChI=1S/C6H7BrO4/c1-11-4(8)3-2-6(3,7)5(9)10/h3H,2H2,1H3,(H,9,10). The molecule has 0 heterocycles. The van der Waals surface area contributed by atoms with Gasteiger partial charge in [0.2, 0.25) is 0 Å². The first-order valence-corrected chi connectivity index (χ1v) is 3.82. The Morgan fingerprint density at radius 3 is 2.55 bits per heavy atom. The third-order valence-corrected chi connectivity index (χ3v) is 2.95. The zero-order chi connectivity index (χ0) is 8.65. The second kappa shape index (κ2) is 2.48. The van der Waals surface area contributed by atoms with E-state index in [4.69, 9.17) is 5.11 Å². The number of carbonyl (C=O) groups excluding carboxylic acids is 1. The molecule has 0 bridgehead atoms. The largest absolute Gasteiger partial charge is 0.480 e. The third-order valence-electron chi connectivity index (χ3n) is 1.73. The molecule has 11 heavy (non-hydrogen) atoms. The third kappa shape index (κ3) is 1.24. The zero-order valence-electron chi connectivity index (χ0n) is 5.83. The van der Waals surface area contributed by atoms with E-state index in [1.54, 1.807) is 0 Å². The maximum Gasteiger partial charge on any atom is 0.321 e. The molecule has 0 aromatic rings. The topological polar surface area (TPSA) is 63.6 Å². The van der Waals surface area contributed by atoms with Gasteiger partial charge in [-0.3, -0.25) is 9.59 Å². The first-order chi connectivity index (χ1) is 5.02. The molecule has 0 saturated heterocycles. The summed E-state index contributed by atoms with van der Waals surface area (Å²) in [5.41, 5.74) is 0. The van der Waals surface area contributed by atoms with Crippen LogP contribution in [0.5, 0.6) is 0 Å². The minimum Gasteiger partial charge on any atom is -0.480 e. The van der Waals surface area contributed by atoms with Crippen LogP contribution >= 0.6 is 15.9 Å². The van der Waals surface area contributed by atoms with E-state index in [1.807, 2.05) is 0 Å². The molecule has 0 aliphatic heterocycles. The Kier molecular flexibility index (Phi) is 1.92. The summed E-state index contributed by atoms with van der Waals surface area (Å²) < 4.78 is 3.33. The van der Waals surface area contributed by atoms with E-state index in [9.17, 15) is 9.59 Å². The number of ether oxygens (including phenoxy) is 1. The number of methoxy groups -OCH3 is 1. The van der Waals surface area contributed by atoms with E-state index in [0.29, 0.717) is 6.42 Å². The van der Waals surface area contributed by atoms with Crippen molar-refractivity contribution in [2.24, 2.45) is 5.92 Å². The number of carbonyl (C=O) groups is 2. The van der Waals surface area contributed by atoms with Crippen LogP contribution in [0.3, 0.4) is 0 Å². The van der Waals surface area contributed by atoms with Crippen molar-refractivity contribution >= 4 is 27.9 Å². The fraction of sp³-hybridized carbons (Fsp3) is 0.667. The van der Waals surface area contributed by atoms with Gasteiger partial charge in [0.1, 0.15) is 4.32 Å². The highest BCUT2D eigenvalue weighted by molar-refractivity contribution is 9.10. The normalized spacial score (nSPS) is 34.5. The minimum absolute atomic E-state index is 0.314. The lowest BCUT2D eigenvalue weighted by molar-refractivity contribution is -0.145. The first kappa shape index (κ1) is 8.52. The van der Waals surface area contributed by atoms with E-state index in [0.717, 1.165) is 0 Å². The van der Waals surface area contributed by atoms with Gasteiger partial charge in [0.25, 0.3) is 0 Å². The lowest BCUT2D eigenvalue weighted by atomic mass is 10.3. The van der Waals surface area contributed by atoms with Gasteiger partial charge in [0, 0.05) is 0 Å². The Balaban J connectivity index is 2.60. The minimum atomic E-state index is -1.06. The van der Waals surface area contributed by atoms with Crippen LogP contribution < -0.4 is 0 Å². The molecule has 1 aliphatic carbocycles. The van der Waals surface area contributed by atoms with Crippen LogP contribution in [-0.4, -0.2) is 28.5 Å². The van der Waals surface area contributed by atoms with Gasteiger partial charge in [-0.25, -0.2) is 0 Å². The van der Waals surface area contributed by atoms with Gasteiger partial charge in [-0.15, -0.1) is 0 Å². The molecule has 2 unspecified atom stereocenters. The summed E-state index contributed by atoms with van der Waals surface area (Å²) in [7, 11) is 1.25. The molecule has 0 spiro atoms. The lowest BCUT2D eigenvalue weighted by Gasteiger charge is -2.00. The Morgan fingerprint density at radius 2 is 2.27 bits per heavy atom. The molecule has 0 radical (unpaired) electrons. The highest BCUT2D eigenvalue weighted by Gasteiger charge is 2.63. The number of alkyl halides is 1. The molecule has 1 saturated carbocycles. The number of hydrogen-bond donors (Lipinski definition) is 1. The van der Waals surface area contributed by atoms with Gasteiger partial charge >= 0.3 is 11.9 Å². The van der Waals surface area contributed by atoms with Crippen molar-refractivity contribution in [3.63, 3.8) is 0 Å². The van der Waals surface area contributed by atoms with Gasteiger partial charge in [0.15, 0.2) is 0 Å². The van der Waals surface area contributed by atoms with Crippen LogP contribution in [0.1, 0.15) is 6.42 Å². The fourth-order valence-electron chi connectivity index (χ4n) is 0.887. The van der Waals surface area contributed by atoms with Gasteiger partial charge in [0.05, 0.1) is 13.0 Å². The highest BCUT2D eigenvalue weighted by atomic mass is 79.9. The van der Waals surface area contributed by atoms with Crippen LogP contribution in [-0.2, 0) is 14.3 Å². The molecule has 62 valence electrons. The van der Waals surface area contributed by atoms with Crippen molar-refractivity contribution < 1.29 is 19.4 Å². The van der Waals surface area contributed by atoms with Crippen molar-refractivity contribution in [3.8, 4) is 0 Å². The monoisotopic (exact) mass is 222 g/mol. The van der Waals surface area contributed by atoms with Gasteiger partial charge in [-0.05, 0) is 6.42 Å². The summed E-state index contributed by atoms with van der Waals surface area (Å²) in [5.74, 6) is -2.00. The molecule has 5 heteroatoms. The van der Waals surface area contributed by atoms with E-state index in [1.165, 1.54) is 7.11 Å². The van der Waals surface area contributed by atoms with Crippen molar-refractivity contribution in [1.82, 2.24) is 0 Å². The maximum atomic E-state index is 10.8. The van der Waals surface area contributed by atoms with Crippen molar-refractivity contribution in [1.29, 1.82) is 0 Å². The summed E-state index contributed by atoms with van der Waals surface area (Å²) >= 11 is 2.96. The Bertz CT molecular complexity index is 215. The molecular formula is C6H7BrO4. The Morgan fingerprint density at radius 1 is 1.73 bits per heavy atom. The number of esters is 1. The van der Waals surface area contributed by atoms with Crippen LogP contribution in [0.25, 0.3) is 0 Å². The molecule has 2 atom stereocenters. The average Bonchev–Trinajstić information content (AvgIpc) is 2.63. The summed E-state index contributed by atoms with van der Waals surface area (Å²) in [4.78, 5) is 21.2. The van der Waals surface area contributed by atoms with E-state index < -0.39 is 22.2 Å².